The van der Waals surface area contributed by atoms with Crippen molar-refractivity contribution < 1.29 is 19.6 Å². The van der Waals surface area contributed by atoms with Gasteiger partial charge in [0.1, 0.15) is 0 Å². The van der Waals surface area contributed by atoms with Crippen LogP contribution in [-0.4, -0.2) is 21.8 Å². The minimum Gasteiger partial charge on any atom is -0.478 e. The number of hydrogen-bond acceptors (Lipinski definition) is 5. The molecule has 0 atom stereocenters. The number of nitrogen functional groups attached to an aromatic ring is 1. The second kappa shape index (κ2) is 5.41. The van der Waals surface area contributed by atoms with E-state index in [0.717, 1.165) is 18.2 Å². The third-order valence-electron chi connectivity index (χ3n) is 2.89. The number of non-ortho nitro benzene ring substituents is 1. The first-order chi connectivity index (χ1) is 9.91. The highest BCUT2D eigenvalue weighted by Gasteiger charge is 2.22. The fourth-order valence-corrected chi connectivity index (χ4v) is 1.87. The van der Waals surface area contributed by atoms with E-state index in [9.17, 15) is 19.7 Å². The van der Waals surface area contributed by atoms with Gasteiger partial charge in [0, 0.05) is 28.9 Å². The van der Waals surface area contributed by atoms with Gasteiger partial charge in [0.25, 0.3) is 5.69 Å². The number of benzene rings is 2. The Morgan fingerprint density at radius 2 is 1.71 bits per heavy atom. The Hall–Kier alpha value is -3.22. The van der Waals surface area contributed by atoms with Crippen LogP contribution in [0.4, 0.5) is 11.4 Å². The largest absolute Gasteiger partial charge is 0.478 e. The number of anilines is 1. The molecule has 0 saturated heterocycles. The lowest BCUT2D eigenvalue weighted by Crippen LogP contribution is -2.12. The number of nitrogens with zero attached hydrogens (tertiary/aromatic N) is 1. The molecule has 21 heavy (non-hydrogen) atoms. The molecule has 0 aliphatic heterocycles. The van der Waals surface area contributed by atoms with Gasteiger partial charge in [-0.3, -0.25) is 14.9 Å². The monoisotopic (exact) mass is 286 g/mol. The molecule has 0 aromatic heterocycles. The summed E-state index contributed by atoms with van der Waals surface area (Å²) in [7, 11) is 0. The molecule has 0 aliphatic rings. The maximum absolute atomic E-state index is 12.4. The van der Waals surface area contributed by atoms with Crippen LogP contribution >= 0.6 is 0 Å². The average molecular weight is 286 g/mol. The average Bonchev–Trinajstić information content (AvgIpc) is 2.46. The number of para-hydroxylation sites is 1. The van der Waals surface area contributed by atoms with Crippen LogP contribution in [0, 0.1) is 10.1 Å². The number of nitro groups is 1. The van der Waals surface area contributed by atoms with Crippen molar-refractivity contribution >= 4 is 23.1 Å². The number of aromatic carboxylic acids is 1. The molecule has 0 fully saturated rings. The lowest BCUT2D eigenvalue weighted by molar-refractivity contribution is -0.384. The van der Waals surface area contributed by atoms with Crippen LogP contribution in [0.1, 0.15) is 26.3 Å². The minimum atomic E-state index is -1.34. The van der Waals surface area contributed by atoms with E-state index in [1.807, 2.05) is 0 Å². The summed E-state index contributed by atoms with van der Waals surface area (Å²) in [5.74, 6) is -2.02. The molecule has 0 aliphatic carbocycles. The molecule has 0 radical (unpaired) electrons. The molecular weight excluding hydrogens is 276 g/mol. The zero-order valence-electron chi connectivity index (χ0n) is 10.6. The second-order valence-electron chi connectivity index (χ2n) is 4.21. The number of nitrogens with two attached hydrogens (primary N) is 1. The number of carbonyl (C=O) groups excluding carboxylic acids is 1. The van der Waals surface area contributed by atoms with Crippen molar-refractivity contribution in [2.75, 3.05) is 5.73 Å². The van der Waals surface area contributed by atoms with E-state index in [1.165, 1.54) is 12.1 Å². The highest BCUT2D eigenvalue weighted by molar-refractivity contribution is 6.16. The summed E-state index contributed by atoms with van der Waals surface area (Å²) in [4.78, 5) is 33.7. The Labute approximate surface area is 118 Å². The smallest absolute Gasteiger partial charge is 0.336 e. The van der Waals surface area contributed by atoms with E-state index < -0.39 is 16.7 Å². The number of carboxylic acid groups (broad SMARTS) is 1. The van der Waals surface area contributed by atoms with Gasteiger partial charge in [0.05, 0.1) is 10.5 Å². The third kappa shape index (κ3) is 2.71. The Kier molecular flexibility index (Phi) is 3.66. The zero-order chi connectivity index (χ0) is 15.6. The van der Waals surface area contributed by atoms with Crippen molar-refractivity contribution in [3.05, 3.63) is 69.3 Å². The number of ketones is 1. The van der Waals surface area contributed by atoms with Gasteiger partial charge < -0.3 is 10.8 Å². The molecule has 7 nitrogen and oxygen atoms in total. The summed E-state index contributed by atoms with van der Waals surface area (Å²) >= 11 is 0. The molecule has 2 aromatic carbocycles. The summed E-state index contributed by atoms with van der Waals surface area (Å²) in [6, 6.07) is 9.13. The van der Waals surface area contributed by atoms with Crippen LogP contribution in [-0.2, 0) is 0 Å². The van der Waals surface area contributed by atoms with E-state index in [4.69, 9.17) is 10.8 Å². The molecule has 3 N–H and O–H groups in total. The summed E-state index contributed by atoms with van der Waals surface area (Å²) in [6.45, 7) is 0. The molecule has 0 amide bonds. The van der Waals surface area contributed by atoms with E-state index in [-0.39, 0.29) is 28.1 Å². The van der Waals surface area contributed by atoms with Gasteiger partial charge in [-0.05, 0) is 18.2 Å². The Bertz CT molecular complexity index is 755. The zero-order valence-corrected chi connectivity index (χ0v) is 10.6. The number of carbonyl (C=O) groups is 2. The normalized spacial score (nSPS) is 10.1. The summed E-state index contributed by atoms with van der Waals surface area (Å²) in [5, 5.41) is 19.9. The first-order valence-corrected chi connectivity index (χ1v) is 5.82. The number of rotatable bonds is 4. The maximum Gasteiger partial charge on any atom is 0.336 e. The van der Waals surface area contributed by atoms with Gasteiger partial charge in [-0.2, -0.15) is 0 Å². The fraction of sp³-hybridized carbons (Fsp3) is 0. The van der Waals surface area contributed by atoms with Crippen molar-refractivity contribution in [2.45, 2.75) is 0 Å². The Morgan fingerprint density at radius 3 is 2.29 bits per heavy atom. The van der Waals surface area contributed by atoms with E-state index in [1.54, 1.807) is 12.1 Å². The molecule has 0 saturated carbocycles. The molecule has 7 heteroatoms. The molecule has 0 spiro atoms. The number of nitro benzene ring substituents is 1. The van der Waals surface area contributed by atoms with Gasteiger partial charge in [0.15, 0.2) is 5.78 Å². The quantitative estimate of drug-likeness (QED) is 0.384. The minimum absolute atomic E-state index is 0.0977. The summed E-state index contributed by atoms with van der Waals surface area (Å²) in [5.41, 5.74) is 5.01. The summed E-state index contributed by atoms with van der Waals surface area (Å²) in [6.07, 6.45) is 0. The Morgan fingerprint density at radius 1 is 1.05 bits per heavy atom. The van der Waals surface area contributed by atoms with Crippen molar-refractivity contribution in [2.24, 2.45) is 0 Å². The van der Waals surface area contributed by atoms with Crippen LogP contribution in [0.3, 0.4) is 0 Å². The fourth-order valence-electron chi connectivity index (χ4n) is 1.87. The van der Waals surface area contributed by atoms with Gasteiger partial charge >= 0.3 is 5.97 Å². The lowest BCUT2D eigenvalue weighted by atomic mass is 9.96. The predicted octanol–water partition coefficient (Wildman–Crippen LogP) is 2.11. The molecule has 2 rings (SSSR count). The standard InChI is InChI=1S/C14H10N2O5/c15-12-4-2-1-3-10(12)13(17)11-7-8(16(20)21)5-6-9(11)14(18)19/h1-7H,15H2,(H,18,19). The second-order valence-corrected chi connectivity index (χ2v) is 4.21. The van der Waals surface area contributed by atoms with Crippen molar-refractivity contribution in [1.29, 1.82) is 0 Å². The number of hydrogen-bond donors (Lipinski definition) is 2. The molecule has 2 aromatic rings. The van der Waals surface area contributed by atoms with Gasteiger partial charge in [0.2, 0.25) is 0 Å². The van der Waals surface area contributed by atoms with Crippen molar-refractivity contribution in [3.8, 4) is 0 Å². The highest BCUT2D eigenvalue weighted by atomic mass is 16.6. The topological polar surface area (TPSA) is 124 Å². The maximum atomic E-state index is 12.4. The van der Waals surface area contributed by atoms with Crippen molar-refractivity contribution in [1.82, 2.24) is 0 Å². The van der Waals surface area contributed by atoms with Gasteiger partial charge in [-0.1, -0.05) is 12.1 Å². The van der Waals surface area contributed by atoms with Crippen LogP contribution in [0.2, 0.25) is 0 Å². The van der Waals surface area contributed by atoms with Crippen LogP contribution < -0.4 is 5.73 Å². The van der Waals surface area contributed by atoms with E-state index in [0.29, 0.717) is 0 Å². The van der Waals surface area contributed by atoms with Crippen LogP contribution in [0.5, 0.6) is 0 Å². The number of carboxylic acids is 1. The SMILES string of the molecule is Nc1ccccc1C(=O)c1cc([N+](=O)[O-])ccc1C(=O)O. The Balaban J connectivity index is 2.63. The molecule has 0 heterocycles. The first-order valence-electron chi connectivity index (χ1n) is 5.82. The van der Waals surface area contributed by atoms with E-state index in [2.05, 4.69) is 0 Å². The van der Waals surface area contributed by atoms with E-state index >= 15 is 0 Å². The molecule has 106 valence electrons. The van der Waals surface area contributed by atoms with Crippen LogP contribution in [0.15, 0.2) is 42.5 Å². The lowest BCUT2D eigenvalue weighted by Gasteiger charge is -2.07. The van der Waals surface area contributed by atoms with Crippen LogP contribution in [0.25, 0.3) is 0 Å². The molecular formula is C14H10N2O5. The predicted molar refractivity (Wildman–Crippen MR) is 74.3 cm³/mol. The molecule has 0 bridgehead atoms. The first kappa shape index (κ1) is 14.2. The van der Waals surface area contributed by atoms with Gasteiger partial charge in [-0.25, -0.2) is 4.79 Å². The van der Waals surface area contributed by atoms with Gasteiger partial charge in [-0.15, -0.1) is 0 Å². The molecule has 0 unspecified atom stereocenters. The summed E-state index contributed by atoms with van der Waals surface area (Å²) < 4.78 is 0. The highest BCUT2D eigenvalue weighted by Crippen LogP contribution is 2.23. The van der Waals surface area contributed by atoms with Crippen molar-refractivity contribution in [3.63, 3.8) is 0 Å². The third-order valence-corrected chi connectivity index (χ3v) is 2.89.